The van der Waals surface area contributed by atoms with E-state index >= 15 is 0 Å². The van der Waals surface area contributed by atoms with E-state index in [9.17, 15) is 5.26 Å². The van der Waals surface area contributed by atoms with Crippen molar-refractivity contribution in [2.45, 2.75) is 50.5 Å². The van der Waals surface area contributed by atoms with Gasteiger partial charge >= 0.3 is 0 Å². The van der Waals surface area contributed by atoms with E-state index in [-0.39, 0.29) is 0 Å². The predicted octanol–water partition coefficient (Wildman–Crippen LogP) is 2.85. The predicted molar refractivity (Wildman–Crippen MR) is 80.9 cm³/mol. The Hall–Kier alpha value is -1.54. The van der Waals surface area contributed by atoms with E-state index in [1.54, 1.807) is 11.3 Å². The number of hydrogen-bond donors (Lipinski definition) is 1. The Bertz CT molecular complexity index is 619. The molecule has 0 amide bonds. The van der Waals surface area contributed by atoms with Crippen LogP contribution in [0.15, 0.2) is 5.10 Å². The second kappa shape index (κ2) is 4.49. The molecule has 5 heteroatoms. The van der Waals surface area contributed by atoms with Crippen molar-refractivity contribution < 1.29 is 0 Å². The van der Waals surface area contributed by atoms with Crippen molar-refractivity contribution in [1.82, 2.24) is 5.01 Å². The molecule has 0 saturated heterocycles. The molecule has 3 aliphatic rings. The minimum absolute atomic E-state index is 0.397. The molecule has 0 radical (unpaired) electrons. The lowest BCUT2D eigenvalue weighted by Gasteiger charge is -2.23. The number of rotatable bonds is 1. The summed E-state index contributed by atoms with van der Waals surface area (Å²) in [6, 6.07) is 2.92. The minimum atomic E-state index is 0.397. The smallest absolute Gasteiger partial charge is 0.104 e. The molecule has 1 atom stereocenters. The van der Waals surface area contributed by atoms with Gasteiger partial charge in [0.15, 0.2) is 0 Å². The van der Waals surface area contributed by atoms with Gasteiger partial charge in [-0.3, -0.25) is 5.01 Å². The SMILES string of the molecule is N#Cc1c(N)sc2c1CCC1=NN(C3CCCC3)CC12. The number of nitrogens with two attached hydrogens (primary N) is 1. The van der Waals surface area contributed by atoms with E-state index in [2.05, 4.69) is 11.1 Å². The Labute approximate surface area is 122 Å². The van der Waals surface area contributed by atoms with E-state index < -0.39 is 0 Å². The maximum Gasteiger partial charge on any atom is 0.104 e. The number of thiophene rings is 1. The summed E-state index contributed by atoms with van der Waals surface area (Å²) >= 11 is 1.61. The first-order chi connectivity index (χ1) is 9.78. The van der Waals surface area contributed by atoms with E-state index in [1.807, 2.05) is 0 Å². The van der Waals surface area contributed by atoms with Crippen molar-refractivity contribution in [2.24, 2.45) is 5.10 Å². The second-order valence-electron chi connectivity index (χ2n) is 6.00. The Morgan fingerprint density at radius 3 is 2.85 bits per heavy atom. The highest BCUT2D eigenvalue weighted by Gasteiger charge is 2.38. The number of nitrogen functional groups attached to an aromatic ring is 1. The zero-order chi connectivity index (χ0) is 13.7. The van der Waals surface area contributed by atoms with Crippen molar-refractivity contribution in [3.05, 3.63) is 16.0 Å². The Morgan fingerprint density at radius 1 is 1.30 bits per heavy atom. The van der Waals surface area contributed by atoms with Crippen LogP contribution in [0.4, 0.5) is 5.00 Å². The number of anilines is 1. The molecule has 1 unspecified atom stereocenters. The summed E-state index contributed by atoms with van der Waals surface area (Å²) in [7, 11) is 0. The molecule has 2 N–H and O–H groups in total. The highest BCUT2D eigenvalue weighted by Crippen LogP contribution is 2.44. The van der Waals surface area contributed by atoms with Gasteiger partial charge in [-0.05, 0) is 31.2 Å². The molecule has 0 bridgehead atoms. The highest BCUT2D eigenvalue weighted by molar-refractivity contribution is 7.16. The summed E-state index contributed by atoms with van der Waals surface area (Å²) in [5, 5.41) is 17.2. The monoisotopic (exact) mass is 286 g/mol. The van der Waals surface area contributed by atoms with Crippen LogP contribution in [-0.2, 0) is 6.42 Å². The molecule has 1 aliphatic heterocycles. The summed E-state index contributed by atoms with van der Waals surface area (Å²) in [4.78, 5) is 1.31. The fraction of sp³-hybridized carbons (Fsp3) is 0.600. The molecule has 0 aromatic carbocycles. The van der Waals surface area contributed by atoms with Crippen LogP contribution >= 0.6 is 11.3 Å². The third-order valence-corrected chi connectivity index (χ3v) is 6.07. The molecule has 4 rings (SSSR count). The average Bonchev–Trinajstić information content (AvgIpc) is 3.14. The Kier molecular flexibility index (Phi) is 2.74. The van der Waals surface area contributed by atoms with Gasteiger partial charge in [0.1, 0.15) is 11.1 Å². The summed E-state index contributed by atoms with van der Waals surface area (Å²) in [5.74, 6) is 0.397. The van der Waals surface area contributed by atoms with Gasteiger partial charge in [0.25, 0.3) is 0 Å². The maximum absolute atomic E-state index is 9.26. The molecule has 2 heterocycles. The highest BCUT2D eigenvalue weighted by atomic mass is 32.1. The third-order valence-electron chi connectivity index (χ3n) is 4.90. The van der Waals surface area contributed by atoms with Gasteiger partial charge in [-0.25, -0.2) is 0 Å². The van der Waals surface area contributed by atoms with Crippen molar-refractivity contribution in [1.29, 1.82) is 5.26 Å². The fourth-order valence-corrected chi connectivity index (χ4v) is 5.06. The van der Waals surface area contributed by atoms with Crippen LogP contribution in [0.2, 0.25) is 0 Å². The third kappa shape index (κ3) is 1.68. The van der Waals surface area contributed by atoms with Crippen LogP contribution in [0.3, 0.4) is 0 Å². The summed E-state index contributed by atoms with van der Waals surface area (Å²) in [5.41, 5.74) is 9.26. The van der Waals surface area contributed by atoms with Crippen LogP contribution in [0.25, 0.3) is 0 Å². The number of nitriles is 1. The van der Waals surface area contributed by atoms with Gasteiger partial charge in [-0.1, -0.05) is 12.8 Å². The molecule has 1 aromatic rings. The minimum Gasteiger partial charge on any atom is -0.389 e. The van der Waals surface area contributed by atoms with Crippen LogP contribution in [-0.4, -0.2) is 23.3 Å². The lowest BCUT2D eigenvalue weighted by Crippen LogP contribution is -2.28. The average molecular weight is 286 g/mol. The molecular formula is C15H18N4S. The van der Waals surface area contributed by atoms with Gasteiger partial charge in [0.2, 0.25) is 0 Å². The standard InChI is InChI=1S/C15H18N4S/c16-7-11-10-5-6-13-12(14(10)20-15(11)17)8-19(18-13)9-3-1-2-4-9/h9,12H,1-6,8,17H2. The molecule has 1 fully saturated rings. The Balaban J connectivity index is 1.67. The van der Waals surface area contributed by atoms with Gasteiger partial charge in [-0.2, -0.15) is 10.4 Å². The van der Waals surface area contributed by atoms with Crippen LogP contribution in [0, 0.1) is 11.3 Å². The molecule has 20 heavy (non-hydrogen) atoms. The van der Waals surface area contributed by atoms with E-state index in [4.69, 9.17) is 10.8 Å². The molecule has 0 spiro atoms. The van der Waals surface area contributed by atoms with E-state index in [0.29, 0.717) is 17.0 Å². The number of nitrogens with zero attached hydrogens (tertiary/aromatic N) is 3. The Morgan fingerprint density at radius 2 is 2.10 bits per heavy atom. The van der Waals surface area contributed by atoms with E-state index in [0.717, 1.165) is 24.9 Å². The van der Waals surface area contributed by atoms with Crippen LogP contribution in [0.1, 0.15) is 54.0 Å². The number of hydrazone groups is 1. The van der Waals surface area contributed by atoms with Crippen LogP contribution < -0.4 is 5.73 Å². The van der Waals surface area contributed by atoms with Crippen molar-refractivity contribution in [3.8, 4) is 6.07 Å². The van der Waals surface area contributed by atoms with Crippen molar-refractivity contribution in [2.75, 3.05) is 12.3 Å². The molecule has 4 nitrogen and oxygen atoms in total. The van der Waals surface area contributed by atoms with Crippen molar-refractivity contribution in [3.63, 3.8) is 0 Å². The lowest BCUT2D eigenvalue weighted by atomic mass is 9.86. The number of hydrogen-bond acceptors (Lipinski definition) is 5. The number of fused-ring (bicyclic) bond motifs is 3. The summed E-state index contributed by atoms with van der Waals surface area (Å²) in [6.45, 7) is 0.998. The molecule has 1 saturated carbocycles. The molecule has 2 aliphatic carbocycles. The molecule has 104 valence electrons. The largest absolute Gasteiger partial charge is 0.389 e. The maximum atomic E-state index is 9.26. The summed E-state index contributed by atoms with van der Waals surface area (Å²) < 4.78 is 0. The van der Waals surface area contributed by atoms with Gasteiger partial charge in [0.05, 0.1) is 11.5 Å². The second-order valence-corrected chi connectivity index (χ2v) is 7.08. The topological polar surface area (TPSA) is 65.4 Å². The van der Waals surface area contributed by atoms with Gasteiger partial charge in [0, 0.05) is 23.2 Å². The quantitative estimate of drug-likeness (QED) is 0.863. The summed E-state index contributed by atoms with van der Waals surface area (Å²) in [6.07, 6.45) is 7.17. The van der Waals surface area contributed by atoms with Crippen molar-refractivity contribution >= 4 is 22.0 Å². The van der Waals surface area contributed by atoms with E-state index in [1.165, 1.54) is 41.8 Å². The first kappa shape index (κ1) is 12.2. The zero-order valence-electron chi connectivity index (χ0n) is 11.4. The zero-order valence-corrected chi connectivity index (χ0v) is 12.2. The fourth-order valence-electron chi connectivity index (χ4n) is 3.87. The first-order valence-corrected chi connectivity index (χ1v) is 8.24. The lowest BCUT2D eigenvalue weighted by molar-refractivity contribution is 0.224. The normalized spacial score (nSPS) is 25.2. The molecule has 1 aromatic heterocycles. The van der Waals surface area contributed by atoms with Gasteiger partial charge < -0.3 is 5.73 Å². The first-order valence-electron chi connectivity index (χ1n) is 7.43. The van der Waals surface area contributed by atoms with Gasteiger partial charge in [-0.15, -0.1) is 11.3 Å². The van der Waals surface area contributed by atoms with Crippen LogP contribution in [0.5, 0.6) is 0 Å². The molecular weight excluding hydrogens is 268 g/mol.